The molecule has 0 saturated carbocycles. The highest BCUT2D eigenvalue weighted by molar-refractivity contribution is 6.06. The maximum Gasteiger partial charge on any atom is 0.255 e. The van der Waals surface area contributed by atoms with Gasteiger partial charge in [-0.05, 0) is 86.4 Å². The van der Waals surface area contributed by atoms with Crippen molar-refractivity contribution in [1.82, 2.24) is 19.9 Å². The van der Waals surface area contributed by atoms with Crippen molar-refractivity contribution in [3.05, 3.63) is 84.6 Å². The molecule has 0 unspecified atom stereocenters. The molecule has 2 heterocycles. The fourth-order valence-corrected chi connectivity index (χ4v) is 4.13. The van der Waals surface area contributed by atoms with Gasteiger partial charge in [-0.15, -0.1) is 0 Å². The zero-order valence-corrected chi connectivity index (χ0v) is 21.9. The molecular weight excluding hydrogens is 494 g/mol. The van der Waals surface area contributed by atoms with Crippen molar-refractivity contribution in [2.24, 2.45) is 0 Å². The highest BCUT2D eigenvalue weighted by atomic mass is 16.5. The van der Waals surface area contributed by atoms with Crippen LogP contribution in [0.5, 0.6) is 17.4 Å². The van der Waals surface area contributed by atoms with Gasteiger partial charge in [-0.2, -0.15) is 0 Å². The van der Waals surface area contributed by atoms with E-state index in [-0.39, 0.29) is 11.7 Å². The number of aromatic nitrogens is 3. The molecule has 0 saturated heterocycles. The summed E-state index contributed by atoms with van der Waals surface area (Å²) >= 11 is 0. The summed E-state index contributed by atoms with van der Waals surface area (Å²) in [6, 6.07) is 21.5. The molecule has 0 aliphatic rings. The topological polar surface area (TPSA) is 113 Å². The average Bonchev–Trinajstić information content (AvgIpc) is 3.37. The zero-order valence-electron chi connectivity index (χ0n) is 21.9. The Labute approximate surface area is 226 Å². The van der Waals surface area contributed by atoms with Gasteiger partial charge in [0.15, 0.2) is 0 Å². The molecule has 9 nitrogen and oxygen atoms in total. The molecule has 9 heteroatoms. The highest BCUT2D eigenvalue weighted by Crippen LogP contribution is 2.35. The molecule has 0 atom stereocenters. The van der Waals surface area contributed by atoms with Gasteiger partial charge >= 0.3 is 0 Å². The first kappa shape index (κ1) is 25.7. The fourth-order valence-electron chi connectivity index (χ4n) is 4.13. The van der Waals surface area contributed by atoms with Crippen LogP contribution in [0.3, 0.4) is 0 Å². The Hall–Kier alpha value is -4.89. The van der Waals surface area contributed by atoms with Gasteiger partial charge in [0.1, 0.15) is 23.9 Å². The lowest BCUT2D eigenvalue weighted by Gasteiger charge is -2.11. The van der Waals surface area contributed by atoms with Crippen LogP contribution in [0.15, 0.2) is 79.0 Å². The third kappa shape index (κ3) is 5.83. The normalized spacial score (nSPS) is 11.1. The number of H-pyrrole nitrogens is 1. The molecule has 2 aromatic heterocycles. The molecule has 0 radical (unpaired) electrons. The number of phenols is 1. The quantitative estimate of drug-likeness (QED) is 0.243. The van der Waals surface area contributed by atoms with Crippen LogP contribution in [0.2, 0.25) is 0 Å². The van der Waals surface area contributed by atoms with E-state index in [1.54, 1.807) is 43.6 Å². The van der Waals surface area contributed by atoms with Gasteiger partial charge in [-0.25, -0.2) is 9.97 Å². The number of phenolic OH excluding ortho intramolecular Hbond substituents is 1. The predicted octanol–water partition coefficient (Wildman–Crippen LogP) is 5.20. The summed E-state index contributed by atoms with van der Waals surface area (Å²) in [6.45, 7) is 1.41. The number of carbonyl (C=O) groups excluding carboxylic acids is 1. The van der Waals surface area contributed by atoms with Crippen LogP contribution in [-0.4, -0.2) is 65.2 Å². The number of aromatic amines is 1. The van der Waals surface area contributed by atoms with Gasteiger partial charge in [0.2, 0.25) is 5.88 Å². The molecule has 0 fully saturated rings. The summed E-state index contributed by atoms with van der Waals surface area (Å²) in [5.74, 6) is 1.54. The molecule has 3 N–H and O–H groups in total. The first-order valence-electron chi connectivity index (χ1n) is 12.4. The van der Waals surface area contributed by atoms with Crippen molar-refractivity contribution in [3.8, 4) is 39.9 Å². The third-order valence-corrected chi connectivity index (χ3v) is 6.19. The van der Waals surface area contributed by atoms with Gasteiger partial charge < -0.3 is 29.8 Å². The summed E-state index contributed by atoms with van der Waals surface area (Å²) < 4.78 is 11.1. The van der Waals surface area contributed by atoms with Crippen molar-refractivity contribution in [1.29, 1.82) is 0 Å². The predicted molar refractivity (Wildman–Crippen MR) is 151 cm³/mol. The van der Waals surface area contributed by atoms with E-state index in [0.717, 1.165) is 23.4 Å². The molecule has 0 aliphatic carbocycles. The van der Waals surface area contributed by atoms with Crippen molar-refractivity contribution < 1.29 is 19.4 Å². The third-order valence-electron chi connectivity index (χ3n) is 6.19. The van der Waals surface area contributed by atoms with E-state index in [9.17, 15) is 9.90 Å². The number of ether oxygens (including phenoxy) is 2. The van der Waals surface area contributed by atoms with Gasteiger partial charge in [0, 0.05) is 29.6 Å². The number of aromatic hydroxyl groups is 1. The number of imidazole rings is 1. The molecule has 0 spiro atoms. The van der Waals surface area contributed by atoms with Crippen LogP contribution < -0.4 is 14.8 Å². The van der Waals surface area contributed by atoms with Gasteiger partial charge in [-0.3, -0.25) is 4.79 Å². The first-order valence-corrected chi connectivity index (χ1v) is 12.4. The van der Waals surface area contributed by atoms with E-state index in [1.807, 2.05) is 61.5 Å². The second kappa shape index (κ2) is 11.2. The number of rotatable bonds is 9. The number of amides is 1. The molecule has 0 bridgehead atoms. The van der Waals surface area contributed by atoms with E-state index in [4.69, 9.17) is 9.47 Å². The minimum Gasteiger partial charge on any atom is -0.507 e. The van der Waals surface area contributed by atoms with Crippen LogP contribution in [0.4, 0.5) is 5.69 Å². The molecule has 1 amide bonds. The van der Waals surface area contributed by atoms with Crippen LogP contribution in [0.1, 0.15) is 10.4 Å². The number of hydrogen-bond acceptors (Lipinski definition) is 7. The molecule has 3 aromatic carbocycles. The van der Waals surface area contributed by atoms with E-state index in [2.05, 4.69) is 20.3 Å². The number of hydrogen-bond donors (Lipinski definition) is 3. The number of carbonyl (C=O) groups is 1. The van der Waals surface area contributed by atoms with Crippen LogP contribution >= 0.6 is 0 Å². The number of nitrogens with one attached hydrogen (secondary N) is 2. The van der Waals surface area contributed by atoms with Crippen molar-refractivity contribution in [2.75, 3.05) is 39.7 Å². The SMILES string of the molecule is COc1ncccc1-c1ccc(O)c(-c2nc3ccc(C(=O)Nc4ccc(OCCN(C)C)cc4)cc3[nH]2)c1. The van der Waals surface area contributed by atoms with E-state index in [1.165, 1.54) is 0 Å². The Kier molecular flexibility index (Phi) is 7.42. The Balaban J connectivity index is 1.35. The average molecular weight is 524 g/mol. The number of likely N-dealkylation sites (N-methyl/N-ethyl adjacent to an activating group) is 1. The summed E-state index contributed by atoms with van der Waals surface area (Å²) in [6.07, 6.45) is 1.66. The maximum atomic E-state index is 12.9. The summed E-state index contributed by atoms with van der Waals surface area (Å²) in [5, 5.41) is 13.5. The van der Waals surface area contributed by atoms with Crippen molar-refractivity contribution in [2.45, 2.75) is 0 Å². The second-order valence-electron chi connectivity index (χ2n) is 9.24. The van der Waals surface area contributed by atoms with E-state index in [0.29, 0.717) is 46.2 Å². The summed E-state index contributed by atoms with van der Waals surface area (Å²) in [5.41, 5.74) is 4.62. The minimum absolute atomic E-state index is 0.0766. The van der Waals surface area contributed by atoms with E-state index >= 15 is 0 Å². The van der Waals surface area contributed by atoms with E-state index < -0.39 is 0 Å². The van der Waals surface area contributed by atoms with Crippen molar-refractivity contribution in [3.63, 3.8) is 0 Å². The number of anilines is 1. The molecule has 0 aliphatic heterocycles. The van der Waals surface area contributed by atoms with Gasteiger partial charge in [0.25, 0.3) is 5.91 Å². The van der Waals surface area contributed by atoms with Crippen LogP contribution in [-0.2, 0) is 0 Å². The largest absolute Gasteiger partial charge is 0.507 e. The number of pyridine rings is 1. The summed E-state index contributed by atoms with van der Waals surface area (Å²) in [7, 11) is 5.55. The van der Waals surface area contributed by atoms with Crippen LogP contribution in [0, 0.1) is 0 Å². The number of fused-ring (bicyclic) bond motifs is 1. The second-order valence-corrected chi connectivity index (χ2v) is 9.24. The standard InChI is InChI=1S/C30H29N5O4/c1-35(2)15-16-39-22-10-8-21(9-11-22)32-29(37)20-6-12-25-26(18-20)34-28(33-25)24-17-19(7-13-27(24)36)23-5-4-14-31-30(23)38-3/h4-14,17-18,36H,15-16H2,1-3H3,(H,32,37)(H,33,34). The Morgan fingerprint density at radius 2 is 1.85 bits per heavy atom. The van der Waals surface area contributed by atoms with Crippen molar-refractivity contribution >= 4 is 22.6 Å². The maximum absolute atomic E-state index is 12.9. The molecule has 198 valence electrons. The Morgan fingerprint density at radius 3 is 2.62 bits per heavy atom. The minimum atomic E-state index is -0.247. The number of benzene rings is 3. The summed E-state index contributed by atoms with van der Waals surface area (Å²) in [4.78, 5) is 27.1. The molecule has 5 rings (SSSR count). The smallest absolute Gasteiger partial charge is 0.255 e. The number of methoxy groups -OCH3 is 1. The number of nitrogens with zero attached hydrogens (tertiary/aromatic N) is 3. The van der Waals surface area contributed by atoms with Gasteiger partial charge in [0.05, 0.1) is 23.7 Å². The monoisotopic (exact) mass is 523 g/mol. The lowest BCUT2D eigenvalue weighted by molar-refractivity contribution is 0.102. The molecule has 39 heavy (non-hydrogen) atoms. The fraction of sp³-hybridized carbons (Fsp3) is 0.167. The Morgan fingerprint density at radius 1 is 1.03 bits per heavy atom. The zero-order chi connectivity index (χ0) is 27.4. The van der Waals surface area contributed by atoms with Crippen LogP contribution in [0.25, 0.3) is 33.5 Å². The lowest BCUT2D eigenvalue weighted by Crippen LogP contribution is -2.19. The first-order chi connectivity index (χ1) is 18.9. The molecular formula is C30H29N5O4. The lowest BCUT2D eigenvalue weighted by atomic mass is 10.0. The van der Waals surface area contributed by atoms with Gasteiger partial charge in [-0.1, -0.05) is 6.07 Å². The molecule has 5 aromatic rings. The Bertz CT molecular complexity index is 1610. The highest BCUT2D eigenvalue weighted by Gasteiger charge is 2.15.